The van der Waals surface area contributed by atoms with Crippen molar-refractivity contribution in [1.82, 2.24) is 0 Å². The maximum atomic E-state index is 11.8. The predicted octanol–water partition coefficient (Wildman–Crippen LogP) is 3.32. The molecule has 0 radical (unpaired) electrons. The van der Waals surface area contributed by atoms with E-state index in [1.807, 2.05) is 0 Å². The van der Waals surface area contributed by atoms with Gasteiger partial charge < -0.3 is 9.47 Å². The van der Waals surface area contributed by atoms with Gasteiger partial charge >= 0.3 is 11.9 Å². The summed E-state index contributed by atoms with van der Waals surface area (Å²) in [5, 5.41) is -1.22. The van der Waals surface area contributed by atoms with Crippen LogP contribution in [0.1, 0.15) is 31.8 Å². The monoisotopic (exact) mass is 422 g/mol. The summed E-state index contributed by atoms with van der Waals surface area (Å²) in [7, 11) is 0. The van der Waals surface area contributed by atoms with Gasteiger partial charge in [-0.1, -0.05) is 36.4 Å². The van der Waals surface area contributed by atoms with Crippen molar-refractivity contribution in [3.63, 3.8) is 0 Å². The molecule has 0 aromatic heterocycles. The minimum Gasteiger partial charge on any atom is -0.462 e. The molecule has 0 bridgehead atoms. The molecule has 0 unspecified atom stereocenters. The third-order valence-corrected chi connectivity index (χ3v) is 4.05. The largest absolute Gasteiger partial charge is 0.462 e. The van der Waals surface area contributed by atoms with Crippen molar-refractivity contribution in [2.45, 2.75) is 12.8 Å². The number of hydrogen-bond donors (Lipinski definition) is 0. The Morgan fingerprint density at radius 2 is 1.07 bits per heavy atom. The second kappa shape index (κ2) is 10.6. The van der Waals surface area contributed by atoms with Gasteiger partial charge in [0.2, 0.25) is 0 Å². The van der Waals surface area contributed by atoms with Gasteiger partial charge in [-0.05, 0) is 46.5 Å². The minimum atomic E-state index is -0.608. The molecular formula is C20H16Cl2O6. The molecule has 28 heavy (non-hydrogen) atoms. The lowest BCUT2D eigenvalue weighted by molar-refractivity contribution is -0.151. The smallest absolute Gasteiger partial charge is 0.310 e. The van der Waals surface area contributed by atoms with Crippen LogP contribution in [-0.2, 0) is 31.9 Å². The van der Waals surface area contributed by atoms with Crippen LogP contribution in [0.3, 0.4) is 0 Å². The molecule has 146 valence electrons. The normalized spacial score (nSPS) is 10.2. The Labute approximate surface area is 171 Å². The van der Waals surface area contributed by atoms with Crippen LogP contribution < -0.4 is 0 Å². The predicted molar refractivity (Wildman–Crippen MR) is 103 cm³/mol. The number of carbonyl (C=O) groups is 4. The first-order valence-electron chi connectivity index (χ1n) is 8.24. The van der Waals surface area contributed by atoms with Crippen molar-refractivity contribution >= 4 is 45.6 Å². The third-order valence-electron chi connectivity index (χ3n) is 3.61. The van der Waals surface area contributed by atoms with E-state index in [-0.39, 0.29) is 26.1 Å². The molecule has 0 spiro atoms. The number of benzene rings is 2. The second-order valence-corrected chi connectivity index (χ2v) is 6.43. The molecule has 6 nitrogen and oxygen atoms in total. The van der Waals surface area contributed by atoms with Crippen LogP contribution in [0.15, 0.2) is 48.5 Å². The molecule has 0 saturated carbocycles. The molecule has 2 aromatic carbocycles. The second-order valence-electron chi connectivity index (χ2n) is 5.74. The fourth-order valence-corrected chi connectivity index (χ4v) is 2.59. The SMILES string of the molecule is O=C(Cc1cccc(C(=O)Cl)c1)OCCOC(=O)Cc1cccc(C(=O)Cl)c1. The van der Waals surface area contributed by atoms with Crippen LogP contribution in [0.25, 0.3) is 0 Å². The first-order chi connectivity index (χ1) is 13.3. The van der Waals surface area contributed by atoms with Gasteiger partial charge in [0.25, 0.3) is 10.5 Å². The molecule has 0 atom stereocenters. The number of esters is 2. The molecule has 8 heteroatoms. The highest BCUT2D eigenvalue weighted by Crippen LogP contribution is 2.10. The Hall–Kier alpha value is -2.70. The number of halogens is 2. The first kappa shape index (κ1) is 21.6. The van der Waals surface area contributed by atoms with E-state index in [9.17, 15) is 19.2 Å². The molecule has 0 aliphatic heterocycles. The number of rotatable bonds is 9. The van der Waals surface area contributed by atoms with Crippen LogP contribution in [0.5, 0.6) is 0 Å². The van der Waals surface area contributed by atoms with Crippen LogP contribution in [-0.4, -0.2) is 35.6 Å². The van der Waals surface area contributed by atoms with Crippen molar-refractivity contribution in [3.05, 3.63) is 70.8 Å². The molecule has 2 aromatic rings. The van der Waals surface area contributed by atoms with Gasteiger partial charge in [-0.15, -0.1) is 0 Å². The number of carbonyl (C=O) groups excluding carboxylic acids is 4. The van der Waals surface area contributed by atoms with Gasteiger partial charge in [0.05, 0.1) is 12.8 Å². The van der Waals surface area contributed by atoms with Crippen molar-refractivity contribution < 1.29 is 28.7 Å². The Kier molecular flexibility index (Phi) is 8.17. The summed E-state index contributed by atoms with van der Waals surface area (Å²) in [6, 6.07) is 12.7. The number of hydrogen-bond acceptors (Lipinski definition) is 6. The lowest BCUT2D eigenvalue weighted by Crippen LogP contribution is -2.16. The summed E-state index contributed by atoms with van der Waals surface area (Å²) in [6.45, 7) is -0.197. The maximum Gasteiger partial charge on any atom is 0.310 e. The highest BCUT2D eigenvalue weighted by molar-refractivity contribution is 6.68. The van der Waals surface area contributed by atoms with Crippen LogP contribution >= 0.6 is 23.2 Å². The van der Waals surface area contributed by atoms with Crippen LogP contribution in [0, 0.1) is 0 Å². The summed E-state index contributed by atoms with van der Waals surface area (Å²) in [6.07, 6.45) is -0.0730. The standard InChI is InChI=1S/C20H16Cl2O6/c21-19(25)15-5-1-3-13(9-15)11-17(23)27-7-8-28-18(24)12-14-4-2-6-16(10-14)20(22)26/h1-6,9-10H,7-8,11-12H2. The molecular weight excluding hydrogens is 407 g/mol. The van der Waals surface area contributed by atoms with Gasteiger partial charge in [-0.25, -0.2) is 0 Å². The average Bonchev–Trinajstić information content (AvgIpc) is 2.65. The zero-order valence-electron chi connectivity index (χ0n) is 14.7. The van der Waals surface area contributed by atoms with Crippen molar-refractivity contribution in [2.24, 2.45) is 0 Å². The fraction of sp³-hybridized carbons (Fsp3) is 0.200. The van der Waals surface area contributed by atoms with E-state index in [0.717, 1.165) is 0 Å². The molecule has 0 fully saturated rings. The van der Waals surface area contributed by atoms with E-state index in [2.05, 4.69) is 0 Å². The van der Waals surface area contributed by atoms with Crippen molar-refractivity contribution in [2.75, 3.05) is 13.2 Å². The highest BCUT2D eigenvalue weighted by Gasteiger charge is 2.10. The topological polar surface area (TPSA) is 86.7 Å². The average molecular weight is 423 g/mol. The van der Waals surface area contributed by atoms with E-state index in [0.29, 0.717) is 22.3 Å². The molecule has 0 aliphatic rings. The van der Waals surface area contributed by atoms with Gasteiger partial charge in [0.15, 0.2) is 0 Å². The zero-order valence-corrected chi connectivity index (χ0v) is 16.2. The number of ether oxygens (including phenoxy) is 2. The third kappa shape index (κ3) is 7.13. The molecule has 0 aliphatic carbocycles. The van der Waals surface area contributed by atoms with Gasteiger partial charge in [-0.3, -0.25) is 19.2 Å². The quantitative estimate of drug-likeness (QED) is 0.350. The summed E-state index contributed by atoms with van der Waals surface area (Å²) in [5.41, 5.74) is 1.76. The van der Waals surface area contributed by atoms with Gasteiger partial charge in [0, 0.05) is 11.1 Å². The van der Waals surface area contributed by atoms with Crippen LogP contribution in [0.4, 0.5) is 0 Å². The van der Waals surface area contributed by atoms with Crippen LogP contribution in [0.2, 0.25) is 0 Å². The summed E-state index contributed by atoms with van der Waals surface area (Å²) >= 11 is 10.8. The molecule has 2 rings (SSSR count). The Morgan fingerprint density at radius 1 is 0.679 bits per heavy atom. The van der Waals surface area contributed by atoms with E-state index in [1.54, 1.807) is 36.4 Å². The summed E-state index contributed by atoms with van der Waals surface area (Å²) < 4.78 is 10.0. The Balaban J connectivity index is 1.72. The van der Waals surface area contributed by atoms with Crippen molar-refractivity contribution in [3.8, 4) is 0 Å². The lowest BCUT2D eigenvalue weighted by Gasteiger charge is -2.07. The lowest BCUT2D eigenvalue weighted by atomic mass is 10.1. The maximum absolute atomic E-state index is 11.8. The van der Waals surface area contributed by atoms with Gasteiger partial charge in [-0.2, -0.15) is 0 Å². The summed E-state index contributed by atoms with van der Waals surface area (Å²) in [4.78, 5) is 45.8. The van der Waals surface area contributed by atoms with Crippen molar-refractivity contribution in [1.29, 1.82) is 0 Å². The molecule has 0 saturated heterocycles. The molecule has 0 N–H and O–H groups in total. The minimum absolute atomic E-state index is 0.0365. The highest BCUT2D eigenvalue weighted by atomic mass is 35.5. The van der Waals surface area contributed by atoms with E-state index in [1.165, 1.54) is 12.1 Å². The molecule has 0 amide bonds. The van der Waals surface area contributed by atoms with Gasteiger partial charge in [0.1, 0.15) is 13.2 Å². The summed E-state index contributed by atoms with van der Waals surface area (Å²) in [5.74, 6) is -1.05. The van der Waals surface area contributed by atoms with E-state index < -0.39 is 22.4 Å². The Morgan fingerprint density at radius 3 is 1.43 bits per heavy atom. The fourth-order valence-electron chi connectivity index (χ4n) is 2.35. The van der Waals surface area contributed by atoms with E-state index in [4.69, 9.17) is 32.7 Å². The molecule has 0 heterocycles. The first-order valence-corrected chi connectivity index (χ1v) is 8.99. The van der Waals surface area contributed by atoms with E-state index >= 15 is 0 Å². The zero-order chi connectivity index (χ0) is 20.5. The Bertz CT molecular complexity index is 820.